The molecule has 5 nitrogen and oxygen atoms in total. The monoisotopic (exact) mass is 279 g/mol. The van der Waals surface area contributed by atoms with Gasteiger partial charge in [0.2, 0.25) is 0 Å². The van der Waals surface area contributed by atoms with Gasteiger partial charge in [-0.05, 0) is 18.7 Å². The van der Waals surface area contributed by atoms with Crippen molar-refractivity contribution >= 4 is 35.4 Å². The minimum Gasteiger partial charge on any atom is -0.378 e. The summed E-state index contributed by atoms with van der Waals surface area (Å²) in [7, 11) is 0. The zero-order valence-corrected chi connectivity index (χ0v) is 11.0. The maximum Gasteiger partial charge on any atom is 0.293 e. The average Bonchev–Trinajstić information content (AvgIpc) is 2.26. The first kappa shape index (κ1) is 16.0. The molecule has 1 rings (SSSR count). The van der Waals surface area contributed by atoms with Crippen molar-refractivity contribution in [3.05, 3.63) is 33.3 Å². The summed E-state index contributed by atoms with van der Waals surface area (Å²) >= 11 is 5.70. The van der Waals surface area contributed by atoms with Crippen molar-refractivity contribution in [1.82, 2.24) is 5.32 Å². The van der Waals surface area contributed by atoms with E-state index in [1.807, 2.05) is 6.92 Å². The van der Waals surface area contributed by atoms with Crippen LogP contribution < -0.4 is 10.6 Å². The predicted molar refractivity (Wildman–Crippen MR) is 72.4 cm³/mol. The molecule has 0 amide bonds. The van der Waals surface area contributed by atoms with Gasteiger partial charge in [-0.25, -0.2) is 0 Å². The number of nitro benzene ring substituents is 1. The van der Waals surface area contributed by atoms with Crippen molar-refractivity contribution in [2.75, 3.05) is 25.0 Å². The van der Waals surface area contributed by atoms with Crippen LogP contribution in [-0.4, -0.2) is 24.6 Å². The third kappa shape index (κ3) is 5.21. The molecule has 0 fully saturated rings. The highest BCUT2D eigenvalue weighted by molar-refractivity contribution is 6.30. The Morgan fingerprint density at radius 3 is 2.71 bits per heavy atom. The SMILES string of the molecule is CCNCCNc1ccc(Cl)cc1[N+](=O)[O-].Cl. The second-order valence-corrected chi connectivity index (χ2v) is 3.64. The largest absolute Gasteiger partial charge is 0.378 e. The van der Waals surface area contributed by atoms with Crippen LogP contribution in [0.25, 0.3) is 0 Å². The summed E-state index contributed by atoms with van der Waals surface area (Å²) in [6.45, 7) is 4.28. The molecule has 0 bridgehead atoms. The fourth-order valence-electron chi connectivity index (χ4n) is 1.27. The maximum atomic E-state index is 10.8. The molecular formula is C10H15Cl2N3O2. The van der Waals surface area contributed by atoms with Crippen LogP contribution in [0, 0.1) is 10.1 Å². The van der Waals surface area contributed by atoms with Gasteiger partial charge in [-0.1, -0.05) is 18.5 Å². The van der Waals surface area contributed by atoms with E-state index in [4.69, 9.17) is 11.6 Å². The van der Waals surface area contributed by atoms with E-state index in [2.05, 4.69) is 10.6 Å². The smallest absolute Gasteiger partial charge is 0.293 e. The highest BCUT2D eigenvalue weighted by Crippen LogP contribution is 2.27. The molecule has 0 atom stereocenters. The van der Waals surface area contributed by atoms with Crippen LogP contribution in [-0.2, 0) is 0 Å². The predicted octanol–water partition coefficient (Wildman–Crippen LogP) is 2.69. The topological polar surface area (TPSA) is 67.2 Å². The van der Waals surface area contributed by atoms with Crippen molar-refractivity contribution in [3.63, 3.8) is 0 Å². The van der Waals surface area contributed by atoms with Crippen LogP contribution in [0.3, 0.4) is 0 Å². The molecule has 0 heterocycles. The van der Waals surface area contributed by atoms with Gasteiger partial charge in [0.15, 0.2) is 0 Å². The molecule has 0 saturated carbocycles. The molecule has 0 aliphatic carbocycles. The van der Waals surface area contributed by atoms with E-state index in [9.17, 15) is 10.1 Å². The van der Waals surface area contributed by atoms with Crippen LogP contribution in [0.1, 0.15) is 6.92 Å². The number of nitrogens with zero attached hydrogens (tertiary/aromatic N) is 1. The molecule has 0 unspecified atom stereocenters. The van der Waals surface area contributed by atoms with Crippen LogP contribution in [0.4, 0.5) is 11.4 Å². The Labute approximate surface area is 111 Å². The number of likely N-dealkylation sites (N-methyl/N-ethyl adjacent to an activating group) is 1. The second kappa shape index (κ2) is 8.11. The maximum absolute atomic E-state index is 10.8. The molecule has 0 saturated heterocycles. The number of hydrogen-bond donors (Lipinski definition) is 2. The van der Waals surface area contributed by atoms with E-state index < -0.39 is 4.92 Å². The number of hydrogen-bond acceptors (Lipinski definition) is 4. The van der Waals surface area contributed by atoms with Crippen molar-refractivity contribution in [2.24, 2.45) is 0 Å². The number of anilines is 1. The van der Waals surface area contributed by atoms with Crippen LogP contribution in [0.15, 0.2) is 18.2 Å². The lowest BCUT2D eigenvalue weighted by Gasteiger charge is -2.07. The summed E-state index contributed by atoms with van der Waals surface area (Å²) in [6, 6.07) is 4.59. The van der Waals surface area contributed by atoms with Gasteiger partial charge in [-0.15, -0.1) is 12.4 Å². The van der Waals surface area contributed by atoms with E-state index >= 15 is 0 Å². The van der Waals surface area contributed by atoms with Gasteiger partial charge in [0.1, 0.15) is 5.69 Å². The third-order valence-corrected chi connectivity index (χ3v) is 2.26. The molecule has 0 aliphatic heterocycles. The van der Waals surface area contributed by atoms with Crippen molar-refractivity contribution < 1.29 is 4.92 Å². The lowest BCUT2D eigenvalue weighted by atomic mass is 10.2. The van der Waals surface area contributed by atoms with Crippen molar-refractivity contribution in [3.8, 4) is 0 Å². The van der Waals surface area contributed by atoms with Crippen LogP contribution in [0.5, 0.6) is 0 Å². The minimum atomic E-state index is -0.443. The highest BCUT2D eigenvalue weighted by Gasteiger charge is 2.13. The Morgan fingerprint density at radius 1 is 1.41 bits per heavy atom. The van der Waals surface area contributed by atoms with Crippen LogP contribution in [0.2, 0.25) is 5.02 Å². The Kier molecular flexibility index (Phi) is 7.61. The quantitative estimate of drug-likeness (QED) is 0.477. The summed E-state index contributed by atoms with van der Waals surface area (Å²) in [5, 5.41) is 17.2. The molecule has 17 heavy (non-hydrogen) atoms. The van der Waals surface area contributed by atoms with Gasteiger partial charge in [0.05, 0.1) is 4.92 Å². The molecule has 1 aromatic rings. The summed E-state index contributed by atoms with van der Waals surface area (Å²) in [6.07, 6.45) is 0. The second-order valence-electron chi connectivity index (χ2n) is 3.20. The minimum absolute atomic E-state index is 0. The number of nitrogens with one attached hydrogen (secondary N) is 2. The zero-order chi connectivity index (χ0) is 12.0. The Morgan fingerprint density at radius 2 is 2.12 bits per heavy atom. The molecule has 1 aromatic carbocycles. The normalized spacial score (nSPS) is 9.53. The number of benzene rings is 1. The van der Waals surface area contributed by atoms with Gasteiger partial charge < -0.3 is 10.6 Å². The Hall–Kier alpha value is -1.04. The fourth-order valence-corrected chi connectivity index (χ4v) is 1.43. The highest BCUT2D eigenvalue weighted by atomic mass is 35.5. The molecule has 96 valence electrons. The Balaban J connectivity index is 0.00000256. The number of nitro groups is 1. The molecule has 0 aliphatic rings. The van der Waals surface area contributed by atoms with E-state index in [0.717, 1.165) is 13.1 Å². The summed E-state index contributed by atoms with van der Waals surface area (Å²) in [5.41, 5.74) is 0.497. The summed E-state index contributed by atoms with van der Waals surface area (Å²) < 4.78 is 0. The summed E-state index contributed by atoms with van der Waals surface area (Å²) in [5.74, 6) is 0. The van der Waals surface area contributed by atoms with Crippen molar-refractivity contribution in [2.45, 2.75) is 6.92 Å². The molecule has 0 aromatic heterocycles. The van der Waals surface area contributed by atoms with Gasteiger partial charge in [-0.3, -0.25) is 10.1 Å². The van der Waals surface area contributed by atoms with E-state index in [1.165, 1.54) is 6.07 Å². The first-order valence-corrected chi connectivity index (χ1v) is 5.41. The zero-order valence-electron chi connectivity index (χ0n) is 9.40. The molecular weight excluding hydrogens is 265 g/mol. The van der Waals surface area contributed by atoms with Gasteiger partial charge in [0.25, 0.3) is 5.69 Å². The average molecular weight is 280 g/mol. The molecule has 0 radical (unpaired) electrons. The van der Waals surface area contributed by atoms with E-state index in [1.54, 1.807) is 12.1 Å². The van der Waals surface area contributed by atoms with Gasteiger partial charge >= 0.3 is 0 Å². The number of rotatable bonds is 6. The summed E-state index contributed by atoms with van der Waals surface area (Å²) in [4.78, 5) is 10.3. The lowest BCUT2D eigenvalue weighted by Crippen LogP contribution is -2.21. The van der Waals surface area contributed by atoms with E-state index in [-0.39, 0.29) is 18.1 Å². The fraction of sp³-hybridized carbons (Fsp3) is 0.400. The standard InChI is InChI=1S/C10H14ClN3O2.ClH/c1-2-12-5-6-13-9-4-3-8(11)7-10(9)14(15)16;/h3-4,7,12-13H,2,5-6H2,1H3;1H. The van der Waals surface area contributed by atoms with E-state index in [0.29, 0.717) is 17.3 Å². The van der Waals surface area contributed by atoms with Crippen molar-refractivity contribution in [1.29, 1.82) is 0 Å². The molecule has 0 spiro atoms. The third-order valence-electron chi connectivity index (χ3n) is 2.02. The van der Waals surface area contributed by atoms with Gasteiger partial charge in [0, 0.05) is 24.2 Å². The van der Waals surface area contributed by atoms with Crippen LogP contribution >= 0.6 is 24.0 Å². The lowest BCUT2D eigenvalue weighted by molar-refractivity contribution is -0.383. The first-order chi connectivity index (χ1) is 7.65. The number of halogens is 2. The Bertz CT molecular complexity index is 375. The molecule has 2 N–H and O–H groups in total. The first-order valence-electron chi connectivity index (χ1n) is 5.03. The molecule has 7 heteroatoms. The van der Waals surface area contributed by atoms with Gasteiger partial charge in [-0.2, -0.15) is 0 Å².